The number of esters is 2. The smallest absolute Gasteiger partial charge is 0.306 e. The third-order valence-corrected chi connectivity index (χ3v) is 18.3. The van der Waals surface area contributed by atoms with Gasteiger partial charge in [0, 0.05) is 12.8 Å². The average molecular weight is 1330 g/mol. The number of carbonyl (C=O) groups is 2. The molecule has 2 unspecified atom stereocenters. The van der Waals surface area contributed by atoms with Crippen LogP contribution in [0.3, 0.4) is 0 Å². The van der Waals surface area contributed by atoms with Crippen LogP contribution in [0.15, 0.2) is 109 Å². The molecule has 0 amide bonds. The standard InChI is InChI=1S/C84H150NO8P/c1-6-8-10-12-14-16-18-20-22-24-26-28-30-32-34-36-37-38-39-40-41-42-43-44-45-46-47-49-51-53-55-57-59-61-63-65-67-69-71-73-75-77-84(87)93-82(81-92-94(88,89)91-79-78-85(3,4)5)80-90-83(86)76-74-72-70-68-66-64-62-60-58-56-54-52-50-48-35-33-31-29-27-25-23-21-19-17-15-13-11-9-7-2/h8,10,14,16,20,22,26,28,32,34,37-38,40-41,43-44,46-47,82H,6-7,9,11-13,15,17-19,21,23-25,27,29-31,33,35-36,39,42,45,48-81H2,1-5H3/b10-8-,16-14-,22-20-,28-26-,34-32-,38-37-,41-40-,44-43-,47-46-. The van der Waals surface area contributed by atoms with E-state index in [4.69, 9.17) is 18.5 Å². The lowest BCUT2D eigenvalue weighted by Crippen LogP contribution is -2.37. The zero-order valence-corrected chi connectivity index (χ0v) is 63.0. The molecule has 94 heavy (non-hydrogen) atoms. The van der Waals surface area contributed by atoms with Gasteiger partial charge in [-0.1, -0.05) is 374 Å². The summed E-state index contributed by atoms with van der Waals surface area (Å²) in [6, 6.07) is 0. The number of quaternary nitrogens is 1. The maximum atomic E-state index is 12.9. The molecule has 0 saturated carbocycles. The molecule has 0 bridgehead atoms. The van der Waals surface area contributed by atoms with Gasteiger partial charge in [-0.15, -0.1) is 0 Å². The lowest BCUT2D eigenvalue weighted by molar-refractivity contribution is -0.870. The van der Waals surface area contributed by atoms with Crippen molar-refractivity contribution < 1.29 is 42.1 Å². The zero-order valence-electron chi connectivity index (χ0n) is 62.1. The minimum absolute atomic E-state index is 0.0324. The van der Waals surface area contributed by atoms with Crippen molar-refractivity contribution in [2.45, 2.75) is 367 Å². The fourth-order valence-corrected chi connectivity index (χ4v) is 12.0. The summed E-state index contributed by atoms with van der Waals surface area (Å²) in [6.45, 7) is 4.18. The molecule has 9 nitrogen and oxygen atoms in total. The Hall–Kier alpha value is -3.33. The lowest BCUT2D eigenvalue weighted by atomic mass is 10.0. The Labute approximate surface area is 582 Å². The average Bonchev–Trinajstić information content (AvgIpc) is 1.57. The van der Waals surface area contributed by atoms with Gasteiger partial charge in [0.2, 0.25) is 0 Å². The first-order chi connectivity index (χ1) is 46.0. The molecule has 0 aliphatic heterocycles. The first-order valence-corrected chi connectivity index (χ1v) is 41.1. The third kappa shape index (κ3) is 77.7. The second-order valence-corrected chi connectivity index (χ2v) is 29.1. The fraction of sp³-hybridized carbons (Fsp3) is 0.762. The highest BCUT2D eigenvalue weighted by Crippen LogP contribution is 2.38. The molecule has 0 spiro atoms. The summed E-state index contributed by atoms with van der Waals surface area (Å²) < 4.78 is 34.4. The second-order valence-electron chi connectivity index (χ2n) is 27.7. The predicted molar refractivity (Wildman–Crippen MR) is 406 cm³/mol. The van der Waals surface area contributed by atoms with Crippen molar-refractivity contribution in [3.05, 3.63) is 109 Å². The minimum Gasteiger partial charge on any atom is -0.756 e. The number of phosphoric ester groups is 1. The van der Waals surface area contributed by atoms with E-state index in [-0.39, 0.29) is 32.0 Å². The number of likely N-dealkylation sites (N-methyl/N-ethyl adjacent to an activating group) is 1. The molecule has 0 aliphatic rings. The number of carbonyl (C=O) groups excluding carboxylic acids is 2. The Balaban J connectivity index is 3.99. The van der Waals surface area contributed by atoms with E-state index in [1.165, 1.54) is 231 Å². The molecule has 0 fully saturated rings. The van der Waals surface area contributed by atoms with E-state index in [0.717, 1.165) is 96.3 Å². The largest absolute Gasteiger partial charge is 0.756 e. The Morgan fingerprint density at radius 1 is 0.340 bits per heavy atom. The van der Waals surface area contributed by atoms with E-state index < -0.39 is 26.5 Å². The van der Waals surface area contributed by atoms with Crippen molar-refractivity contribution in [1.29, 1.82) is 0 Å². The number of unbranched alkanes of at least 4 members (excludes halogenated alkanes) is 41. The third-order valence-electron chi connectivity index (χ3n) is 17.3. The summed E-state index contributed by atoms with van der Waals surface area (Å²) in [5.74, 6) is -0.821. The van der Waals surface area contributed by atoms with Crippen LogP contribution in [-0.2, 0) is 32.7 Å². The van der Waals surface area contributed by atoms with Crippen LogP contribution < -0.4 is 4.89 Å². The van der Waals surface area contributed by atoms with Gasteiger partial charge in [0.1, 0.15) is 19.8 Å². The molecule has 0 aromatic rings. The number of ether oxygens (including phenoxy) is 2. The highest BCUT2D eigenvalue weighted by atomic mass is 31.2. The highest BCUT2D eigenvalue weighted by molar-refractivity contribution is 7.45. The first-order valence-electron chi connectivity index (χ1n) is 39.6. The SMILES string of the molecule is CC/C=C\C/C=C\C/C=C\C/C=C\C/C=C\C/C=C\C/C=C\C/C=C\C/C=C\CCCCCCCCCCCCCCCC(=O)OC(COC(=O)CCCCCCCCCCCCCCCCCCCCCCCCCCCCCCC)COP(=O)([O-])OCC[N+](C)(C)C. The molecular weight excluding hydrogens is 1180 g/mol. The van der Waals surface area contributed by atoms with Crippen molar-refractivity contribution in [2.75, 3.05) is 47.5 Å². The number of hydrogen-bond donors (Lipinski definition) is 0. The molecule has 0 saturated heterocycles. The van der Waals surface area contributed by atoms with Crippen molar-refractivity contribution in [3.8, 4) is 0 Å². The molecule has 0 aromatic carbocycles. The quantitative estimate of drug-likeness (QED) is 0.0195. The van der Waals surface area contributed by atoms with E-state index in [1.807, 2.05) is 21.1 Å². The van der Waals surface area contributed by atoms with Crippen LogP contribution in [-0.4, -0.2) is 70.0 Å². The molecule has 0 heterocycles. The van der Waals surface area contributed by atoms with Crippen LogP contribution in [0, 0.1) is 0 Å². The summed E-state index contributed by atoms with van der Waals surface area (Å²) in [7, 11) is 1.17. The molecular formula is C84H150NO8P. The molecule has 0 N–H and O–H groups in total. The summed E-state index contributed by atoms with van der Waals surface area (Å²) in [5, 5.41) is 0. The minimum atomic E-state index is -4.65. The Morgan fingerprint density at radius 2 is 0.606 bits per heavy atom. The van der Waals surface area contributed by atoms with E-state index in [9.17, 15) is 19.0 Å². The second kappa shape index (κ2) is 73.9. The zero-order chi connectivity index (χ0) is 68.3. The van der Waals surface area contributed by atoms with Gasteiger partial charge >= 0.3 is 11.9 Å². The predicted octanol–water partition coefficient (Wildman–Crippen LogP) is 25.8. The van der Waals surface area contributed by atoms with Crippen LogP contribution >= 0.6 is 7.82 Å². The van der Waals surface area contributed by atoms with Gasteiger partial charge in [0.25, 0.3) is 7.82 Å². The van der Waals surface area contributed by atoms with Crippen LogP contribution in [0.5, 0.6) is 0 Å². The number of rotatable bonds is 73. The van der Waals surface area contributed by atoms with E-state index in [2.05, 4.69) is 123 Å². The van der Waals surface area contributed by atoms with Crippen molar-refractivity contribution in [1.82, 2.24) is 0 Å². The maximum absolute atomic E-state index is 12.9. The summed E-state index contributed by atoms with van der Waals surface area (Å²) >= 11 is 0. The lowest BCUT2D eigenvalue weighted by Gasteiger charge is -2.28. The normalized spacial score (nSPS) is 13.6. The Bertz CT molecular complexity index is 1960. The van der Waals surface area contributed by atoms with Crippen molar-refractivity contribution >= 4 is 19.8 Å². The summed E-state index contributed by atoms with van der Waals surface area (Å²) in [6.07, 6.45) is 105. The monoisotopic (exact) mass is 1330 g/mol. The Morgan fingerprint density at radius 3 is 0.904 bits per heavy atom. The van der Waals surface area contributed by atoms with Gasteiger partial charge in [-0.2, -0.15) is 0 Å². The first kappa shape index (κ1) is 90.7. The summed E-state index contributed by atoms with van der Waals surface area (Å²) in [5.41, 5.74) is 0. The number of phosphoric acid groups is 1. The fourth-order valence-electron chi connectivity index (χ4n) is 11.3. The molecule has 544 valence electrons. The Kier molecular flexibility index (Phi) is 71.3. The van der Waals surface area contributed by atoms with Crippen molar-refractivity contribution in [3.63, 3.8) is 0 Å². The van der Waals surface area contributed by atoms with Crippen LogP contribution in [0.2, 0.25) is 0 Å². The van der Waals surface area contributed by atoms with Gasteiger partial charge in [0.05, 0.1) is 27.7 Å². The van der Waals surface area contributed by atoms with Gasteiger partial charge in [-0.3, -0.25) is 14.2 Å². The molecule has 10 heteroatoms. The number of allylic oxidation sites excluding steroid dienone is 18. The molecule has 0 aliphatic carbocycles. The molecule has 2 atom stereocenters. The van der Waals surface area contributed by atoms with E-state index >= 15 is 0 Å². The number of hydrogen-bond acceptors (Lipinski definition) is 8. The summed E-state index contributed by atoms with van der Waals surface area (Å²) in [4.78, 5) is 38.2. The topological polar surface area (TPSA) is 111 Å². The van der Waals surface area contributed by atoms with Gasteiger partial charge in [0.15, 0.2) is 6.10 Å². The number of nitrogens with zero attached hydrogens (tertiary/aromatic N) is 1. The molecule has 0 radical (unpaired) electrons. The van der Waals surface area contributed by atoms with E-state index in [1.54, 1.807) is 0 Å². The van der Waals surface area contributed by atoms with E-state index in [0.29, 0.717) is 17.4 Å². The van der Waals surface area contributed by atoms with Gasteiger partial charge in [-0.25, -0.2) is 0 Å². The van der Waals surface area contributed by atoms with Gasteiger partial charge in [-0.05, 0) is 83.5 Å². The molecule has 0 aromatic heterocycles. The maximum Gasteiger partial charge on any atom is 0.306 e. The van der Waals surface area contributed by atoms with Crippen LogP contribution in [0.25, 0.3) is 0 Å². The van der Waals surface area contributed by atoms with Crippen molar-refractivity contribution in [2.24, 2.45) is 0 Å². The highest BCUT2D eigenvalue weighted by Gasteiger charge is 2.22. The van der Waals surface area contributed by atoms with Gasteiger partial charge < -0.3 is 27.9 Å². The van der Waals surface area contributed by atoms with Crippen LogP contribution in [0.4, 0.5) is 0 Å². The van der Waals surface area contributed by atoms with Crippen LogP contribution in [0.1, 0.15) is 361 Å². The molecule has 0 rings (SSSR count).